The molecule has 100 valence electrons. The summed E-state index contributed by atoms with van der Waals surface area (Å²) in [4.78, 5) is 0. The number of halogens is 1. The summed E-state index contributed by atoms with van der Waals surface area (Å²) < 4.78 is 3.37. The highest BCUT2D eigenvalue weighted by Crippen LogP contribution is 2.46. The molecule has 2 aliphatic carbocycles. The zero-order valence-electron chi connectivity index (χ0n) is 10.7. The zero-order valence-corrected chi connectivity index (χ0v) is 12.3. The lowest BCUT2D eigenvalue weighted by molar-refractivity contribution is 0.108. The van der Waals surface area contributed by atoms with Crippen LogP contribution in [0.2, 0.25) is 0 Å². The number of aromatic nitrogens is 2. The summed E-state index contributed by atoms with van der Waals surface area (Å²) in [6.45, 7) is 0.314. The summed E-state index contributed by atoms with van der Waals surface area (Å²) in [6, 6.07) is 6.84. The van der Waals surface area contributed by atoms with Crippen molar-refractivity contribution in [1.82, 2.24) is 9.78 Å². The highest BCUT2D eigenvalue weighted by molar-refractivity contribution is 9.10. The first-order valence-corrected chi connectivity index (χ1v) is 7.84. The first kappa shape index (κ1) is 11.9. The van der Waals surface area contributed by atoms with Gasteiger partial charge >= 0.3 is 0 Å². The van der Waals surface area contributed by atoms with Crippen LogP contribution in [0.25, 0.3) is 10.9 Å². The number of aliphatic hydroxyl groups is 1. The average Bonchev–Trinajstić information content (AvgIpc) is 3.12. The van der Waals surface area contributed by atoms with E-state index in [1.54, 1.807) is 0 Å². The maximum absolute atomic E-state index is 9.17. The molecule has 4 heteroatoms. The highest BCUT2D eigenvalue weighted by atomic mass is 79.9. The predicted molar refractivity (Wildman–Crippen MR) is 78.3 cm³/mol. The lowest BCUT2D eigenvalue weighted by Gasteiger charge is -2.34. The molecule has 3 nitrogen and oxygen atoms in total. The number of rotatable bonds is 3. The van der Waals surface area contributed by atoms with Crippen LogP contribution in [0.15, 0.2) is 22.7 Å². The number of benzene rings is 1. The third kappa shape index (κ3) is 1.84. The molecule has 0 atom stereocenters. The Hall–Kier alpha value is -0.870. The molecule has 0 spiro atoms. The second-order valence-electron chi connectivity index (χ2n) is 5.91. The number of hydrogen-bond acceptors (Lipinski definition) is 2. The monoisotopic (exact) mass is 320 g/mol. The Morgan fingerprint density at radius 1 is 1.32 bits per heavy atom. The molecule has 2 fully saturated rings. The molecule has 0 bridgehead atoms. The van der Waals surface area contributed by atoms with Crippen molar-refractivity contribution < 1.29 is 5.11 Å². The van der Waals surface area contributed by atoms with Gasteiger partial charge in [0.2, 0.25) is 0 Å². The SMILES string of the molecule is OC[C@H]1C[C@H](n2nc(C3CC3)c3c(Br)cccc32)C1. The van der Waals surface area contributed by atoms with Crippen molar-refractivity contribution in [3.05, 3.63) is 28.4 Å². The van der Waals surface area contributed by atoms with Gasteiger partial charge in [-0.25, -0.2) is 0 Å². The van der Waals surface area contributed by atoms with Gasteiger partial charge in [0, 0.05) is 22.4 Å². The van der Waals surface area contributed by atoms with Gasteiger partial charge < -0.3 is 5.11 Å². The van der Waals surface area contributed by atoms with Gasteiger partial charge in [0.1, 0.15) is 0 Å². The number of nitrogens with zero attached hydrogens (tertiary/aromatic N) is 2. The first-order valence-electron chi connectivity index (χ1n) is 7.05. The molecule has 0 unspecified atom stereocenters. The van der Waals surface area contributed by atoms with Crippen LogP contribution in [0.1, 0.15) is 43.3 Å². The van der Waals surface area contributed by atoms with Gasteiger partial charge in [0.15, 0.2) is 0 Å². The van der Waals surface area contributed by atoms with Crippen LogP contribution in [0, 0.1) is 5.92 Å². The largest absolute Gasteiger partial charge is 0.396 e. The average molecular weight is 321 g/mol. The quantitative estimate of drug-likeness (QED) is 0.938. The molecule has 1 aromatic heterocycles. The van der Waals surface area contributed by atoms with Crippen LogP contribution in [0.5, 0.6) is 0 Å². The molecule has 0 amide bonds. The number of fused-ring (bicyclic) bond motifs is 1. The molecule has 4 rings (SSSR count). The fourth-order valence-corrected chi connectivity index (χ4v) is 3.71. The fraction of sp³-hybridized carbons (Fsp3) is 0.533. The molecular weight excluding hydrogens is 304 g/mol. The molecule has 19 heavy (non-hydrogen) atoms. The Morgan fingerprint density at radius 3 is 2.79 bits per heavy atom. The lowest BCUT2D eigenvalue weighted by atomic mass is 9.81. The molecule has 2 saturated carbocycles. The van der Waals surface area contributed by atoms with E-state index in [1.165, 1.54) is 29.4 Å². The lowest BCUT2D eigenvalue weighted by Crippen LogP contribution is -2.29. The van der Waals surface area contributed by atoms with Crippen LogP contribution >= 0.6 is 15.9 Å². The molecule has 1 N–H and O–H groups in total. The van der Waals surface area contributed by atoms with Crippen molar-refractivity contribution in [2.24, 2.45) is 5.92 Å². The Balaban J connectivity index is 1.81. The van der Waals surface area contributed by atoms with Crippen molar-refractivity contribution >= 4 is 26.8 Å². The van der Waals surface area contributed by atoms with Crippen LogP contribution in [0.3, 0.4) is 0 Å². The van der Waals surface area contributed by atoms with Gasteiger partial charge in [-0.2, -0.15) is 5.10 Å². The summed E-state index contributed by atoms with van der Waals surface area (Å²) in [5, 5.41) is 15.4. The molecule has 0 aliphatic heterocycles. The summed E-state index contributed by atoms with van der Waals surface area (Å²) >= 11 is 3.68. The summed E-state index contributed by atoms with van der Waals surface area (Å²) in [6.07, 6.45) is 4.67. The minimum atomic E-state index is 0.314. The third-order valence-corrected chi connectivity index (χ3v) is 5.15. The normalized spacial score (nSPS) is 26.6. The summed E-state index contributed by atoms with van der Waals surface area (Å²) in [7, 11) is 0. The van der Waals surface area contributed by atoms with E-state index in [1.807, 2.05) is 0 Å². The van der Waals surface area contributed by atoms with E-state index >= 15 is 0 Å². The number of hydrogen-bond donors (Lipinski definition) is 1. The maximum Gasteiger partial charge on any atom is 0.0745 e. The van der Waals surface area contributed by atoms with E-state index in [-0.39, 0.29) is 0 Å². The van der Waals surface area contributed by atoms with Gasteiger partial charge in [-0.05, 0) is 43.7 Å². The van der Waals surface area contributed by atoms with Gasteiger partial charge in [-0.3, -0.25) is 4.68 Å². The van der Waals surface area contributed by atoms with Crippen molar-refractivity contribution in [2.45, 2.75) is 37.6 Å². The molecule has 0 saturated heterocycles. The van der Waals surface area contributed by atoms with Gasteiger partial charge in [-0.15, -0.1) is 0 Å². The van der Waals surface area contributed by atoms with Crippen LogP contribution < -0.4 is 0 Å². The highest BCUT2D eigenvalue weighted by Gasteiger charge is 2.35. The van der Waals surface area contributed by atoms with Crippen LogP contribution in [-0.4, -0.2) is 21.5 Å². The molecular formula is C15H17BrN2O. The zero-order chi connectivity index (χ0) is 13.0. The molecule has 0 radical (unpaired) electrons. The van der Waals surface area contributed by atoms with Gasteiger partial charge in [-0.1, -0.05) is 22.0 Å². The summed E-state index contributed by atoms with van der Waals surface area (Å²) in [5.41, 5.74) is 2.52. The van der Waals surface area contributed by atoms with E-state index < -0.39 is 0 Å². The van der Waals surface area contributed by atoms with E-state index in [2.05, 4.69) is 38.8 Å². The van der Waals surface area contributed by atoms with E-state index in [0.717, 1.165) is 17.3 Å². The standard InChI is InChI=1S/C15H17BrN2O/c16-12-2-1-3-13-14(12)15(10-4-5-10)17-18(13)11-6-9(7-11)8-19/h1-3,9-11,19H,4-8H2/t9-,11-. The second-order valence-corrected chi connectivity index (χ2v) is 6.77. The minimum Gasteiger partial charge on any atom is -0.396 e. The molecule has 1 heterocycles. The van der Waals surface area contributed by atoms with E-state index in [4.69, 9.17) is 5.10 Å². The maximum atomic E-state index is 9.17. The van der Waals surface area contributed by atoms with Gasteiger partial charge in [0.05, 0.1) is 17.3 Å². The van der Waals surface area contributed by atoms with Crippen LogP contribution in [0.4, 0.5) is 0 Å². The first-order chi connectivity index (χ1) is 9.28. The Kier molecular flexibility index (Phi) is 2.71. The predicted octanol–water partition coefficient (Wildman–Crippen LogP) is 3.62. The molecule has 2 aromatic rings. The van der Waals surface area contributed by atoms with Gasteiger partial charge in [0.25, 0.3) is 0 Å². The summed E-state index contributed by atoms with van der Waals surface area (Å²) in [5.74, 6) is 1.14. The smallest absolute Gasteiger partial charge is 0.0745 e. The Labute approximate surface area is 120 Å². The van der Waals surface area contributed by atoms with Crippen molar-refractivity contribution in [3.8, 4) is 0 Å². The number of aliphatic hydroxyl groups excluding tert-OH is 1. The van der Waals surface area contributed by atoms with E-state index in [0.29, 0.717) is 24.5 Å². The second kappa shape index (κ2) is 4.32. The van der Waals surface area contributed by atoms with Crippen molar-refractivity contribution in [3.63, 3.8) is 0 Å². The molecule has 1 aromatic carbocycles. The fourth-order valence-electron chi connectivity index (χ4n) is 3.15. The van der Waals surface area contributed by atoms with E-state index in [9.17, 15) is 5.11 Å². The Morgan fingerprint density at radius 2 is 2.11 bits per heavy atom. The van der Waals surface area contributed by atoms with Crippen molar-refractivity contribution in [1.29, 1.82) is 0 Å². The minimum absolute atomic E-state index is 0.314. The third-order valence-electron chi connectivity index (χ3n) is 4.49. The topological polar surface area (TPSA) is 38.0 Å². The molecule has 2 aliphatic rings. The van der Waals surface area contributed by atoms with Crippen molar-refractivity contribution in [2.75, 3.05) is 6.61 Å². The van der Waals surface area contributed by atoms with Crippen LogP contribution in [-0.2, 0) is 0 Å². The Bertz CT molecular complexity index is 626.